The fraction of sp³-hybridized carbons (Fsp3) is 0.423. The number of nitrogens with one attached hydrogen (secondary N) is 2. The Morgan fingerprint density at radius 1 is 1.06 bits per heavy atom. The Kier molecular flexibility index (Phi) is 8.33. The number of benzene rings is 2. The van der Waals surface area contributed by atoms with Crippen molar-refractivity contribution in [3.05, 3.63) is 54.4 Å². The topological polar surface area (TPSA) is 85.9 Å². The molecule has 2 aromatic carbocycles. The number of methoxy groups -OCH3 is 1. The largest absolute Gasteiger partial charge is 0.497 e. The van der Waals surface area contributed by atoms with Gasteiger partial charge in [0.25, 0.3) is 0 Å². The standard InChI is InChI=1S/C26H35N7O2/c1-31(2)13-7-12-27-25-22-10-4-5-11-23(22)29-24(30-25)19-32-14-16-33(17-15-32)26(34)28-20-8-6-9-21(18-20)35-3/h4-6,8-11,18H,7,12-17,19H2,1-3H3,(H,28,34)(H,27,29,30). The van der Waals surface area contributed by atoms with Crippen molar-refractivity contribution < 1.29 is 9.53 Å². The van der Waals surface area contributed by atoms with Gasteiger partial charge >= 0.3 is 6.03 Å². The molecular weight excluding hydrogens is 442 g/mol. The van der Waals surface area contributed by atoms with Crippen LogP contribution in [0.1, 0.15) is 12.2 Å². The second-order valence-electron chi connectivity index (χ2n) is 9.01. The van der Waals surface area contributed by atoms with E-state index in [9.17, 15) is 4.79 Å². The Bertz CT molecular complexity index is 1130. The van der Waals surface area contributed by atoms with E-state index in [1.807, 2.05) is 47.4 Å². The second kappa shape index (κ2) is 11.8. The average molecular weight is 478 g/mol. The van der Waals surface area contributed by atoms with Gasteiger partial charge < -0.3 is 25.2 Å². The van der Waals surface area contributed by atoms with Crippen LogP contribution in [0.25, 0.3) is 10.9 Å². The van der Waals surface area contributed by atoms with Crippen molar-refractivity contribution >= 4 is 28.4 Å². The number of nitrogens with zero attached hydrogens (tertiary/aromatic N) is 5. The van der Waals surface area contributed by atoms with Crippen molar-refractivity contribution in [3.63, 3.8) is 0 Å². The lowest BCUT2D eigenvalue weighted by Gasteiger charge is -2.34. The Morgan fingerprint density at radius 3 is 2.63 bits per heavy atom. The molecule has 2 N–H and O–H groups in total. The summed E-state index contributed by atoms with van der Waals surface area (Å²) in [4.78, 5) is 28.7. The molecule has 0 bridgehead atoms. The van der Waals surface area contributed by atoms with Crippen LogP contribution in [0.4, 0.5) is 16.3 Å². The number of fused-ring (bicyclic) bond motifs is 1. The summed E-state index contributed by atoms with van der Waals surface area (Å²) in [6, 6.07) is 15.4. The van der Waals surface area contributed by atoms with Crippen LogP contribution in [0.2, 0.25) is 0 Å². The van der Waals surface area contributed by atoms with Crippen LogP contribution in [-0.4, -0.2) is 91.2 Å². The molecule has 1 aliphatic heterocycles. The SMILES string of the molecule is COc1cccc(NC(=O)N2CCN(Cc3nc(NCCCN(C)C)c4ccccc4n3)CC2)c1. The van der Waals surface area contributed by atoms with Gasteiger partial charge in [-0.25, -0.2) is 14.8 Å². The molecule has 3 aromatic rings. The number of carbonyl (C=O) groups excluding carboxylic acids is 1. The number of piperazine rings is 1. The van der Waals surface area contributed by atoms with Crippen LogP contribution >= 0.6 is 0 Å². The minimum absolute atomic E-state index is 0.0935. The summed E-state index contributed by atoms with van der Waals surface area (Å²) in [7, 11) is 5.78. The van der Waals surface area contributed by atoms with E-state index in [-0.39, 0.29) is 6.03 Å². The first-order chi connectivity index (χ1) is 17.0. The lowest BCUT2D eigenvalue weighted by molar-refractivity contribution is 0.141. The highest BCUT2D eigenvalue weighted by atomic mass is 16.5. The maximum absolute atomic E-state index is 12.7. The minimum Gasteiger partial charge on any atom is -0.497 e. The molecule has 186 valence electrons. The lowest BCUT2D eigenvalue weighted by Crippen LogP contribution is -2.49. The van der Waals surface area contributed by atoms with Gasteiger partial charge in [-0.3, -0.25) is 4.90 Å². The molecule has 9 nitrogen and oxygen atoms in total. The summed E-state index contributed by atoms with van der Waals surface area (Å²) >= 11 is 0. The summed E-state index contributed by atoms with van der Waals surface area (Å²) in [5.41, 5.74) is 1.68. The number of carbonyl (C=O) groups is 1. The van der Waals surface area contributed by atoms with Crippen molar-refractivity contribution in [2.75, 3.05) is 71.1 Å². The predicted molar refractivity (Wildman–Crippen MR) is 140 cm³/mol. The van der Waals surface area contributed by atoms with Crippen molar-refractivity contribution in [2.24, 2.45) is 0 Å². The summed E-state index contributed by atoms with van der Waals surface area (Å²) in [6.07, 6.45) is 1.04. The summed E-state index contributed by atoms with van der Waals surface area (Å²) in [5, 5.41) is 7.51. The molecule has 4 rings (SSSR count). The van der Waals surface area contributed by atoms with Crippen LogP contribution in [0.3, 0.4) is 0 Å². The van der Waals surface area contributed by atoms with E-state index < -0.39 is 0 Å². The number of hydrogen-bond acceptors (Lipinski definition) is 7. The van der Waals surface area contributed by atoms with Crippen LogP contribution in [0.5, 0.6) is 5.75 Å². The normalized spacial score (nSPS) is 14.3. The number of urea groups is 1. The fourth-order valence-corrected chi connectivity index (χ4v) is 4.14. The molecule has 0 unspecified atom stereocenters. The lowest BCUT2D eigenvalue weighted by atomic mass is 10.2. The Morgan fingerprint density at radius 2 is 1.86 bits per heavy atom. The molecule has 9 heteroatoms. The third-order valence-corrected chi connectivity index (χ3v) is 6.07. The summed E-state index contributed by atoms with van der Waals surface area (Å²) < 4.78 is 5.23. The maximum atomic E-state index is 12.7. The van der Waals surface area contributed by atoms with Gasteiger partial charge in [-0.15, -0.1) is 0 Å². The Labute approximate surface area is 207 Å². The first-order valence-corrected chi connectivity index (χ1v) is 12.1. The smallest absolute Gasteiger partial charge is 0.321 e. The molecule has 1 aliphatic rings. The number of para-hydroxylation sites is 1. The van der Waals surface area contributed by atoms with Gasteiger partial charge in [-0.05, 0) is 51.3 Å². The number of ether oxygens (including phenoxy) is 1. The number of amides is 2. The van der Waals surface area contributed by atoms with Gasteiger partial charge in [0.1, 0.15) is 17.4 Å². The van der Waals surface area contributed by atoms with E-state index in [1.54, 1.807) is 7.11 Å². The van der Waals surface area contributed by atoms with E-state index in [4.69, 9.17) is 14.7 Å². The minimum atomic E-state index is -0.0935. The monoisotopic (exact) mass is 477 g/mol. The molecule has 2 amide bonds. The first kappa shape index (κ1) is 24.7. The number of anilines is 2. The zero-order valence-corrected chi connectivity index (χ0v) is 20.8. The van der Waals surface area contributed by atoms with Crippen molar-refractivity contribution in [1.29, 1.82) is 0 Å². The zero-order chi connectivity index (χ0) is 24.6. The van der Waals surface area contributed by atoms with Gasteiger partial charge in [0.15, 0.2) is 0 Å². The second-order valence-corrected chi connectivity index (χ2v) is 9.01. The van der Waals surface area contributed by atoms with Crippen LogP contribution in [-0.2, 0) is 6.54 Å². The van der Waals surface area contributed by atoms with Crippen LogP contribution in [0, 0.1) is 0 Å². The third kappa shape index (κ3) is 6.80. The number of aromatic nitrogens is 2. The quantitative estimate of drug-likeness (QED) is 0.457. The van der Waals surface area contributed by atoms with Crippen LogP contribution < -0.4 is 15.4 Å². The summed E-state index contributed by atoms with van der Waals surface area (Å²) in [6.45, 7) is 5.39. The third-order valence-electron chi connectivity index (χ3n) is 6.07. The molecule has 1 aromatic heterocycles. The molecular formula is C26H35N7O2. The Hall–Kier alpha value is -3.43. The van der Waals surface area contributed by atoms with E-state index in [0.29, 0.717) is 19.6 Å². The van der Waals surface area contributed by atoms with E-state index in [1.165, 1.54) is 0 Å². The van der Waals surface area contributed by atoms with E-state index in [2.05, 4.69) is 40.6 Å². The molecule has 1 saturated heterocycles. The highest BCUT2D eigenvalue weighted by Gasteiger charge is 2.22. The average Bonchev–Trinajstić information content (AvgIpc) is 2.87. The van der Waals surface area contributed by atoms with E-state index >= 15 is 0 Å². The fourth-order valence-electron chi connectivity index (χ4n) is 4.14. The molecule has 2 heterocycles. The van der Waals surface area contributed by atoms with Crippen molar-refractivity contribution in [2.45, 2.75) is 13.0 Å². The summed E-state index contributed by atoms with van der Waals surface area (Å²) in [5.74, 6) is 2.41. The van der Waals surface area contributed by atoms with Crippen LogP contribution in [0.15, 0.2) is 48.5 Å². The van der Waals surface area contributed by atoms with Gasteiger partial charge in [0.05, 0.1) is 19.2 Å². The van der Waals surface area contributed by atoms with Gasteiger partial charge in [-0.1, -0.05) is 18.2 Å². The molecule has 0 spiro atoms. The van der Waals surface area contributed by atoms with Crippen molar-refractivity contribution in [3.8, 4) is 5.75 Å². The molecule has 0 saturated carbocycles. The van der Waals surface area contributed by atoms with Gasteiger partial charge in [0.2, 0.25) is 0 Å². The maximum Gasteiger partial charge on any atom is 0.321 e. The molecule has 0 radical (unpaired) electrons. The molecule has 0 aliphatic carbocycles. The predicted octanol–water partition coefficient (Wildman–Crippen LogP) is 3.35. The van der Waals surface area contributed by atoms with Gasteiger partial charge in [0, 0.05) is 49.9 Å². The highest BCUT2D eigenvalue weighted by Crippen LogP contribution is 2.21. The van der Waals surface area contributed by atoms with E-state index in [0.717, 1.165) is 66.6 Å². The molecule has 0 atom stereocenters. The van der Waals surface area contributed by atoms with Gasteiger partial charge in [-0.2, -0.15) is 0 Å². The highest BCUT2D eigenvalue weighted by molar-refractivity contribution is 5.90. The number of hydrogen-bond donors (Lipinski definition) is 2. The molecule has 35 heavy (non-hydrogen) atoms. The number of rotatable bonds is 9. The zero-order valence-electron chi connectivity index (χ0n) is 20.8. The van der Waals surface area contributed by atoms with Crippen molar-refractivity contribution in [1.82, 2.24) is 24.7 Å². The Balaban J connectivity index is 1.34. The molecule has 1 fully saturated rings. The first-order valence-electron chi connectivity index (χ1n) is 12.1.